The average Bonchev–Trinajstić information content (AvgIpc) is 2.49. The second kappa shape index (κ2) is 4.36. The van der Waals surface area contributed by atoms with E-state index in [2.05, 4.69) is 93.0 Å². The minimum absolute atomic E-state index is 0.109. The summed E-state index contributed by atoms with van der Waals surface area (Å²) >= 11 is 21.7. The molecule has 2 atom stereocenters. The van der Waals surface area contributed by atoms with Gasteiger partial charge in [0.1, 0.15) is 20.3 Å². The van der Waals surface area contributed by atoms with Crippen LogP contribution in [-0.2, 0) is 9.47 Å². The fourth-order valence-corrected chi connectivity index (χ4v) is 5.71. The number of hydrogen-bond donors (Lipinski definition) is 0. The maximum atomic E-state index is 6.42. The van der Waals surface area contributed by atoms with E-state index in [0.29, 0.717) is 0 Å². The fraction of sp³-hybridized carbons (Fsp3) is 0.714. The standard InChI is InChI=1S/C7H4Br3ClI2O2/c8-5(11)1-3-4(15-2-14-3)6(12,13)7(5,9)10/h1,4H,2H2. The van der Waals surface area contributed by atoms with Crippen LogP contribution < -0.4 is 0 Å². The molecule has 1 heterocycles. The van der Waals surface area contributed by atoms with Crippen molar-refractivity contribution in [2.75, 3.05) is 6.79 Å². The predicted octanol–water partition coefficient (Wildman–Crippen LogP) is 4.64. The van der Waals surface area contributed by atoms with Gasteiger partial charge in [-0.25, -0.2) is 0 Å². The Hall–Kier alpha value is 2.69. The van der Waals surface area contributed by atoms with Crippen molar-refractivity contribution in [1.29, 1.82) is 0 Å². The van der Waals surface area contributed by atoms with Crippen molar-refractivity contribution in [3.8, 4) is 0 Å². The van der Waals surface area contributed by atoms with Crippen molar-refractivity contribution in [2.45, 2.75) is 14.5 Å². The van der Waals surface area contributed by atoms with Crippen molar-refractivity contribution in [2.24, 2.45) is 0 Å². The molecule has 0 bridgehead atoms. The van der Waals surface area contributed by atoms with E-state index in [1.807, 2.05) is 6.08 Å². The molecule has 86 valence electrons. The van der Waals surface area contributed by atoms with Gasteiger partial charge in [-0.3, -0.25) is 0 Å². The van der Waals surface area contributed by atoms with Crippen molar-refractivity contribution >= 4 is 105 Å². The van der Waals surface area contributed by atoms with E-state index in [0.717, 1.165) is 5.76 Å². The van der Waals surface area contributed by atoms with E-state index < -0.39 is 7.02 Å². The molecule has 1 aliphatic heterocycles. The van der Waals surface area contributed by atoms with E-state index in [9.17, 15) is 0 Å². The van der Waals surface area contributed by atoms with Crippen LogP contribution in [0.4, 0.5) is 0 Å². The Morgan fingerprint density at radius 1 is 1.40 bits per heavy atom. The Morgan fingerprint density at radius 2 is 2.00 bits per heavy atom. The van der Waals surface area contributed by atoms with Gasteiger partial charge in [-0.2, -0.15) is 0 Å². The van der Waals surface area contributed by atoms with Gasteiger partial charge in [0.25, 0.3) is 0 Å². The molecule has 1 saturated heterocycles. The van der Waals surface area contributed by atoms with Gasteiger partial charge < -0.3 is 9.47 Å². The normalized spacial score (nSPS) is 41.7. The lowest BCUT2D eigenvalue weighted by molar-refractivity contribution is 0.0490. The summed E-state index contributed by atoms with van der Waals surface area (Å²) < 4.78 is 9.34. The van der Waals surface area contributed by atoms with Crippen molar-refractivity contribution in [3.63, 3.8) is 0 Å². The average molecular weight is 649 g/mol. The molecule has 1 fully saturated rings. The van der Waals surface area contributed by atoms with Gasteiger partial charge in [0, 0.05) is 0 Å². The predicted molar refractivity (Wildman–Crippen MR) is 87.8 cm³/mol. The first-order valence-corrected chi connectivity index (χ1v) is 8.72. The minimum Gasteiger partial charge on any atom is -0.469 e. The third kappa shape index (κ3) is 2.07. The summed E-state index contributed by atoms with van der Waals surface area (Å²) in [6.45, 7) is 0.278. The summed E-state index contributed by atoms with van der Waals surface area (Å²) in [5.74, 6) is 0.778. The zero-order valence-electron chi connectivity index (χ0n) is 6.95. The minimum atomic E-state index is -0.762. The summed E-state index contributed by atoms with van der Waals surface area (Å²) in [5, 5.41) is 0. The number of fused-ring (bicyclic) bond motifs is 1. The van der Waals surface area contributed by atoms with Gasteiger partial charge >= 0.3 is 0 Å². The summed E-state index contributed by atoms with van der Waals surface area (Å²) in [4.78, 5) is 0. The molecule has 0 aromatic carbocycles. The van der Waals surface area contributed by atoms with Crippen LogP contribution in [0.2, 0.25) is 0 Å². The molecule has 0 aromatic heterocycles. The van der Waals surface area contributed by atoms with Crippen molar-refractivity contribution in [1.82, 2.24) is 0 Å². The van der Waals surface area contributed by atoms with Crippen LogP contribution in [0.3, 0.4) is 0 Å². The molecule has 8 heteroatoms. The first-order valence-electron chi connectivity index (χ1n) is 3.81. The van der Waals surface area contributed by atoms with Crippen LogP contribution in [0.15, 0.2) is 11.8 Å². The molecule has 0 N–H and O–H groups in total. The highest BCUT2D eigenvalue weighted by Crippen LogP contribution is 2.66. The SMILES string of the molecule is ClC1(Br)C=C2OCOC2C(I)(I)C1(Br)Br. The Bertz CT molecular complexity index is 332. The quantitative estimate of drug-likeness (QED) is 0.282. The molecule has 0 aromatic rings. The highest BCUT2D eigenvalue weighted by atomic mass is 127. The lowest BCUT2D eigenvalue weighted by Crippen LogP contribution is -2.56. The lowest BCUT2D eigenvalue weighted by Gasteiger charge is -2.46. The molecule has 0 spiro atoms. The van der Waals surface area contributed by atoms with Crippen LogP contribution in [-0.4, -0.2) is 21.3 Å². The molecule has 1 aliphatic carbocycles. The molecule has 0 saturated carbocycles. The highest BCUT2D eigenvalue weighted by Gasteiger charge is 2.66. The zero-order chi connectivity index (χ0) is 11.5. The molecular weight excluding hydrogens is 645 g/mol. The van der Waals surface area contributed by atoms with E-state index in [1.54, 1.807) is 0 Å². The van der Waals surface area contributed by atoms with Crippen molar-refractivity contribution in [3.05, 3.63) is 11.8 Å². The molecule has 2 rings (SSSR count). The number of rotatable bonds is 0. The van der Waals surface area contributed by atoms with E-state index in [-0.39, 0.29) is 14.3 Å². The van der Waals surface area contributed by atoms with Crippen LogP contribution in [0.25, 0.3) is 0 Å². The molecular formula is C7H4Br3ClI2O2. The van der Waals surface area contributed by atoms with Gasteiger partial charge in [0.05, 0.1) is 0 Å². The lowest BCUT2D eigenvalue weighted by atomic mass is 10.0. The molecule has 0 amide bonds. The molecule has 2 aliphatic rings. The zero-order valence-corrected chi connectivity index (χ0v) is 16.8. The Balaban J connectivity index is 2.55. The smallest absolute Gasteiger partial charge is 0.189 e. The van der Waals surface area contributed by atoms with Crippen LogP contribution in [0, 0.1) is 0 Å². The number of alkyl halides is 6. The Kier molecular flexibility index (Phi) is 4.10. The summed E-state index contributed by atoms with van der Waals surface area (Å²) in [6.07, 6.45) is 1.72. The molecule has 2 nitrogen and oxygen atoms in total. The van der Waals surface area contributed by atoms with Gasteiger partial charge in [0.2, 0.25) is 0 Å². The van der Waals surface area contributed by atoms with Crippen molar-refractivity contribution < 1.29 is 9.47 Å². The third-order valence-corrected chi connectivity index (χ3v) is 13.2. The fourth-order valence-electron chi connectivity index (χ4n) is 1.38. The maximum Gasteiger partial charge on any atom is 0.189 e. The van der Waals surface area contributed by atoms with Gasteiger partial charge in [0.15, 0.2) is 6.79 Å². The van der Waals surface area contributed by atoms with Crippen LogP contribution >= 0.6 is 105 Å². The second-order valence-corrected chi connectivity index (χ2v) is 14.4. The number of ether oxygens (including phenoxy) is 2. The maximum absolute atomic E-state index is 6.42. The topological polar surface area (TPSA) is 18.5 Å². The highest BCUT2D eigenvalue weighted by molar-refractivity contribution is 14.2. The molecule has 0 radical (unpaired) electrons. The Morgan fingerprint density at radius 3 is 2.60 bits per heavy atom. The first kappa shape index (κ1) is 14.1. The monoisotopic (exact) mass is 646 g/mol. The molecule has 15 heavy (non-hydrogen) atoms. The summed E-state index contributed by atoms with van der Waals surface area (Å²) in [5.41, 5.74) is 0. The van der Waals surface area contributed by atoms with Gasteiger partial charge in [-0.15, -0.1) is 0 Å². The second-order valence-electron chi connectivity index (χ2n) is 3.18. The number of allylic oxidation sites excluding steroid dienone is 1. The van der Waals surface area contributed by atoms with Gasteiger partial charge in [-0.05, 0) is 6.08 Å². The Labute approximate surface area is 145 Å². The van der Waals surface area contributed by atoms with Gasteiger partial charge in [-0.1, -0.05) is 105 Å². The summed E-state index contributed by atoms with van der Waals surface area (Å²) in [7, 11) is 0. The third-order valence-electron chi connectivity index (χ3n) is 2.21. The number of halogens is 6. The summed E-state index contributed by atoms with van der Waals surface area (Å²) in [6, 6.07) is 0. The van der Waals surface area contributed by atoms with Crippen LogP contribution in [0.5, 0.6) is 0 Å². The first-order chi connectivity index (χ1) is 6.70. The van der Waals surface area contributed by atoms with E-state index >= 15 is 0 Å². The van der Waals surface area contributed by atoms with E-state index in [1.165, 1.54) is 0 Å². The number of hydrogen-bond acceptors (Lipinski definition) is 2. The van der Waals surface area contributed by atoms with E-state index in [4.69, 9.17) is 21.1 Å². The largest absolute Gasteiger partial charge is 0.469 e. The van der Waals surface area contributed by atoms with Crippen LogP contribution in [0.1, 0.15) is 0 Å². The molecule has 2 unspecified atom stereocenters.